The zero-order valence-electron chi connectivity index (χ0n) is 12.6. The molecule has 0 bridgehead atoms. The third kappa shape index (κ3) is 4.39. The lowest BCUT2D eigenvalue weighted by Gasteiger charge is -2.31. The van der Waals surface area contributed by atoms with Crippen molar-refractivity contribution in [2.45, 2.75) is 6.10 Å². The molecule has 1 aromatic rings. The molecule has 1 aliphatic rings. The third-order valence-electron chi connectivity index (χ3n) is 3.34. The number of ether oxygens (including phenoxy) is 1. The Morgan fingerprint density at radius 3 is 3.00 bits per heavy atom. The Hall–Kier alpha value is -1.71. The molecule has 0 radical (unpaired) electrons. The quantitative estimate of drug-likeness (QED) is 0.757. The summed E-state index contributed by atoms with van der Waals surface area (Å²) < 4.78 is 29.9. The van der Waals surface area contributed by atoms with Crippen molar-refractivity contribution in [3.8, 4) is 0 Å². The molecule has 22 heavy (non-hydrogen) atoms. The number of nitrogens with one attached hydrogen (secondary N) is 2. The van der Waals surface area contributed by atoms with Crippen LogP contribution in [0.3, 0.4) is 0 Å². The van der Waals surface area contributed by atoms with Crippen LogP contribution in [-0.2, 0) is 14.8 Å². The van der Waals surface area contributed by atoms with Crippen molar-refractivity contribution in [3.63, 3.8) is 0 Å². The Kier molecular flexibility index (Phi) is 5.33. The van der Waals surface area contributed by atoms with E-state index in [-0.39, 0.29) is 25.1 Å². The van der Waals surface area contributed by atoms with E-state index in [1.807, 2.05) is 0 Å². The molecule has 0 saturated carbocycles. The van der Waals surface area contributed by atoms with Gasteiger partial charge in [0, 0.05) is 38.4 Å². The summed E-state index contributed by atoms with van der Waals surface area (Å²) in [5, 5.41) is 5.61. The van der Waals surface area contributed by atoms with E-state index in [0.717, 1.165) is 0 Å². The van der Waals surface area contributed by atoms with Gasteiger partial charge in [-0.1, -0.05) is 0 Å². The number of hydrogen-bond donors (Lipinski definition) is 2. The zero-order chi connectivity index (χ0) is 16.2. The van der Waals surface area contributed by atoms with E-state index in [9.17, 15) is 13.2 Å². The van der Waals surface area contributed by atoms with Crippen molar-refractivity contribution >= 4 is 21.7 Å². The van der Waals surface area contributed by atoms with Crippen molar-refractivity contribution in [2.75, 3.05) is 44.9 Å². The third-order valence-corrected chi connectivity index (χ3v) is 4.61. The number of amides is 1. The maximum atomic E-state index is 12.1. The van der Waals surface area contributed by atoms with Crippen molar-refractivity contribution < 1.29 is 17.9 Å². The molecule has 0 spiro atoms. The number of anilines is 1. The summed E-state index contributed by atoms with van der Waals surface area (Å²) in [4.78, 5) is 16.1. The fourth-order valence-electron chi connectivity index (χ4n) is 2.13. The summed E-state index contributed by atoms with van der Waals surface area (Å²) in [7, 11) is -1.51. The van der Waals surface area contributed by atoms with E-state index in [2.05, 4.69) is 15.6 Å². The fraction of sp³-hybridized carbons (Fsp3) is 0.538. The summed E-state index contributed by atoms with van der Waals surface area (Å²) in [6.45, 7) is 1.17. The van der Waals surface area contributed by atoms with Crippen LogP contribution in [0.4, 0.5) is 5.82 Å². The Labute approximate surface area is 129 Å². The summed E-state index contributed by atoms with van der Waals surface area (Å²) in [6.07, 6.45) is 2.37. The predicted octanol–water partition coefficient (Wildman–Crippen LogP) is -0.486. The molecular weight excluding hydrogens is 308 g/mol. The summed E-state index contributed by atoms with van der Waals surface area (Å²) in [5.41, 5.74) is 0.482. The average molecular weight is 328 g/mol. The number of rotatable bonds is 5. The van der Waals surface area contributed by atoms with Gasteiger partial charge in [0.2, 0.25) is 10.0 Å². The van der Waals surface area contributed by atoms with Crippen LogP contribution >= 0.6 is 0 Å². The van der Waals surface area contributed by atoms with Crippen LogP contribution in [0.2, 0.25) is 0 Å². The first-order valence-electron chi connectivity index (χ1n) is 6.89. The molecule has 0 unspecified atom stereocenters. The van der Waals surface area contributed by atoms with Crippen LogP contribution in [0.25, 0.3) is 0 Å². The lowest BCUT2D eigenvalue weighted by atomic mass is 10.2. The molecule has 8 nitrogen and oxygen atoms in total. The first-order valence-corrected chi connectivity index (χ1v) is 8.73. The monoisotopic (exact) mass is 328 g/mol. The highest BCUT2D eigenvalue weighted by Crippen LogP contribution is 2.09. The minimum atomic E-state index is -3.23. The van der Waals surface area contributed by atoms with Gasteiger partial charge in [-0.3, -0.25) is 4.79 Å². The number of carbonyl (C=O) groups is 1. The van der Waals surface area contributed by atoms with Gasteiger partial charge in [-0.15, -0.1) is 0 Å². The number of carbonyl (C=O) groups excluding carboxylic acids is 1. The topological polar surface area (TPSA) is 101 Å². The largest absolute Gasteiger partial charge is 0.374 e. The van der Waals surface area contributed by atoms with E-state index in [4.69, 9.17) is 4.74 Å². The second-order valence-corrected chi connectivity index (χ2v) is 6.99. The van der Waals surface area contributed by atoms with Gasteiger partial charge in [-0.2, -0.15) is 4.31 Å². The van der Waals surface area contributed by atoms with E-state index in [1.165, 1.54) is 10.6 Å². The molecule has 1 amide bonds. The van der Waals surface area contributed by atoms with Gasteiger partial charge in [0.15, 0.2) is 0 Å². The molecule has 1 fully saturated rings. The lowest BCUT2D eigenvalue weighted by Crippen LogP contribution is -2.49. The van der Waals surface area contributed by atoms with Crippen LogP contribution < -0.4 is 10.6 Å². The number of pyridine rings is 1. The molecule has 1 atom stereocenters. The Morgan fingerprint density at radius 1 is 1.55 bits per heavy atom. The van der Waals surface area contributed by atoms with E-state index < -0.39 is 10.0 Å². The van der Waals surface area contributed by atoms with Crippen molar-refractivity contribution in [3.05, 3.63) is 23.9 Å². The molecule has 0 aliphatic carbocycles. The number of aromatic nitrogens is 1. The van der Waals surface area contributed by atoms with Gasteiger partial charge in [0.05, 0.1) is 19.0 Å². The van der Waals surface area contributed by atoms with Gasteiger partial charge >= 0.3 is 0 Å². The van der Waals surface area contributed by atoms with Crippen molar-refractivity contribution in [1.29, 1.82) is 0 Å². The second-order valence-electron chi connectivity index (χ2n) is 5.00. The Morgan fingerprint density at radius 2 is 2.32 bits per heavy atom. The second kappa shape index (κ2) is 7.03. The minimum absolute atomic E-state index is 0.247. The number of hydrogen-bond acceptors (Lipinski definition) is 6. The summed E-state index contributed by atoms with van der Waals surface area (Å²) in [6, 6.07) is 3.25. The normalized spacial score (nSPS) is 19.6. The molecule has 1 saturated heterocycles. The van der Waals surface area contributed by atoms with Crippen molar-refractivity contribution in [1.82, 2.24) is 14.6 Å². The van der Waals surface area contributed by atoms with Crippen molar-refractivity contribution in [2.24, 2.45) is 0 Å². The average Bonchev–Trinajstić information content (AvgIpc) is 2.52. The van der Waals surface area contributed by atoms with E-state index in [0.29, 0.717) is 24.5 Å². The molecule has 1 aromatic heterocycles. The SMILES string of the molecule is CNc1cc(C(=O)NC[C@@H]2CN(S(C)(=O)=O)CCO2)ccn1. The first kappa shape index (κ1) is 16.7. The molecule has 1 aliphatic heterocycles. The van der Waals surface area contributed by atoms with Crippen LogP contribution in [0, 0.1) is 0 Å². The smallest absolute Gasteiger partial charge is 0.251 e. The molecule has 9 heteroatoms. The molecule has 0 aromatic carbocycles. The highest BCUT2D eigenvalue weighted by Gasteiger charge is 2.26. The van der Waals surface area contributed by atoms with Crippen LogP contribution in [0.15, 0.2) is 18.3 Å². The fourth-order valence-corrected chi connectivity index (χ4v) is 2.98. The number of morpholine rings is 1. The molecular formula is C13H20N4O4S. The van der Waals surface area contributed by atoms with Crippen LogP contribution in [-0.4, -0.2) is 69.3 Å². The summed E-state index contributed by atoms with van der Waals surface area (Å²) >= 11 is 0. The van der Waals surface area contributed by atoms with E-state index in [1.54, 1.807) is 25.4 Å². The van der Waals surface area contributed by atoms with Gasteiger partial charge in [-0.05, 0) is 12.1 Å². The molecule has 122 valence electrons. The maximum absolute atomic E-state index is 12.1. The number of sulfonamides is 1. The Balaban J connectivity index is 1.90. The Bertz CT molecular complexity index is 635. The van der Waals surface area contributed by atoms with Crippen LogP contribution in [0.5, 0.6) is 0 Å². The van der Waals surface area contributed by atoms with Gasteiger partial charge in [0.1, 0.15) is 5.82 Å². The zero-order valence-corrected chi connectivity index (χ0v) is 13.4. The van der Waals surface area contributed by atoms with E-state index >= 15 is 0 Å². The molecule has 2 heterocycles. The van der Waals surface area contributed by atoms with Gasteiger partial charge < -0.3 is 15.4 Å². The molecule has 2 rings (SSSR count). The standard InChI is InChI=1S/C13H20N4O4S/c1-14-12-7-10(3-4-15-12)13(18)16-8-11-9-17(5-6-21-11)22(2,19)20/h3-4,7,11H,5-6,8-9H2,1-2H3,(H,14,15)(H,16,18)/t11-/m1/s1. The summed E-state index contributed by atoms with van der Waals surface area (Å²) in [5.74, 6) is 0.351. The highest BCUT2D eigenvalue weighted by molar-refractivity contribution is 7.88. The minimum Gasteiger partial charge on any atom is -0.374 e. The number of nitrogens with zero attached hydrogens (tertiary/aromatic N) is 2. The maximum Gasteiger partial charge on any atom is 0.251 e. The van der Waals surface area contributed by atoms with Gasteiger partial charge in [-0.25, -0.2) is 13.4 Å². The van der Waals surface area contributed by atoms with Gasteiger partial charge in [0.25, 0.3) is 5.91 Å². The lowest BCUT2D eigenvalue weighted by molar-refractivity contribution is 0.000438. The highest BCUT2D eigenvalue weighted by atomic mass is 32.2. The van der Waals surface area contributed by atoms with Crippen LogP contribution in [0.1, 0.15) is 10.4 Å². The predicted molar refractivity (Wildman–Crippen MR) is 82.3 cm³/mol. The molecule has 2 N–H and O–H groups in total. The first-order chi connectivity index (χ1) is 10.4.